The third-order valence-corrected chi connectivity index (χ3v) is 6.03. The topological polar surface area (TPSA) is 63.1 Å². The number of para-hydroxylation sites is 1. The summed E-state index contributed by atoms with van der Waals surface area (Å²) in [6.07, 6.45) is 5.08. The molecule has 1 amide bonds. The minimum atomic E-state index is 0.00553. The number of hydrogen-bond acceptors (Lipinski definition) is 5. The number of piperidine rings is 1. The lowest BCUT2D eigenvalue weighted by Crippen LogP contribution is -2.38. The molecular weight excluding hydrogens is 382 g/mol. The van der Waals surface area contributed by atoms with Crippen molar-refractivity contribution >= 4 is 39.7 Å². The SMILES string of the molecule is Cc1csc(N2CCC(C(=O)Nc3cnn(-c4ccccc4Cl)c3)CC2)n1. The smallest absolute Gasteiger partial charge is 0.227 e. The van der Waals surface area contributed by atoms with E-state index in [4.69, 9.17) is 11.6 Å². The number of thiazole rings is 1. The van der Waals surface area contributed by atoms with Gasteiger partial charge in [-0.2, -0.15) is 5.10 Å². The molecule has 0 radical (unpaired) electrons. The van der Waals surface area contributed by atoms with Gasteiger partial charge in [0.15, 0.2) is 5.13 Å². The van der Waals surface area contributed by atoms with Crippen LogP contribution < -0.4 is 10.2 Å². The first kappa shape index (κ1) is 18.0. The zero-order chi connectivity index (χ0) is 18.8. The fourth-order valence-corrected chi connectivity index (χ4v) is 4.30. The molecule has 6 nitrogen and oxygen atoms in total. The molecule has 8 heteroatoms. The molecule has 0 aliphatic carbocycles. The molecule has 1 aromatic carbocycles. The average molecular weight is 402 g/mol. The summed E-state index contributed by atoms with van der Waals surface area (Å²) < 4.78 is 1.67. The van der Waals surface area contributed by atoms with Crippen LogP contribution in [0.25, 0.3) is 5.69 Å². The number of amides is 1. The molecule has 140 valence electrons. The van der Waals surface area contributed by atoms with Crippen LogP contribution >= 0.6 is 22.9 Å². The molecule has 3 heterocycles. The fourth-order valence-electron chi connectivity index (χ4n) is 3.22. The van der Waals surface area contributed by atoms with Crippen LogP contribution in [-0.4, -0.2) is 33.8 Å². The number of nitrogens with zero attached hydrogens (tertiary/aromatic N) is 4. The van der Waals surface area contributed by atoms with Gasteiger partial charge in [0.25, 0.3) is 0 Å². The summed E-state index contributed by atoms with van der Waals surface area (Å²) in [6, 6.07) is 7.47. The monoisotopic (exact) mass is 401 g/mol. The van der Waals surface area contributed by atoms with Gasteiger partial charge >= 0.3 is 0 Å². The maximum absolute atomic E-state index is 12.6. The lowest BCUT2D eigenvalue weighted by molar-refractivity contribution is -0.120. The van der Waals surface area contributed by atoms with Crippen molar-refractivity contribution in [3.63, 3.8) is 0 Å². The highest BCUT2D eigenvalue weighted by Crippen LogP contribution is 2.27. The number of benzene rings is 1. The maximum Gasteiger partial charge on any atom is 0.227 e. The summed E-state index contributed by atoms with van der Waals surface area (Å²) in [4.78, 5) is 19.4. The van der Waals surface area contributed by atoms with E-state index in [1.165, 1.54) is 0 Å². The summed E-state index contributed by atoms with van der Waals surface area (Å²) in [5.74, 6) is 0.0506. The standard InChI is InChI=1S/C19H20ClN5OS/c1-13-12-27-19(22-13)24-8-6-14(7-9-24)18(26)23-15-10-21-25(11-15)17-5-3-2-4-16(17)20/h2-5,10-12,14H,6-9H2,1H3,(H,23,26). The zero-order valence-corrected chi connectivity index (χ0v) is 16.5. The highest BCUT2D eigenvalue weighted by Gasteiger charge is 2.26. The third-order valence-electron chi connectivity index (χ3n) is 4.69. The normalized spacial score (nSPS) is 15.1. The van der Waals surface area contributed by atoms with Crippen molar-refractivity contribution in [1.29, 1.82) is 0 Å². The Bertz CT molecular complexity index is 945. The lowest BCUT2D eigenvalue weighted by atomic mass is 9.96. The van der Waals surface area contributed by atoms with Gasteiger partial charge in [0, 0.05) is 24.4 Å². The molecule has 1 aliphatic heterocycles. The van der Waals surface area contributed by atoms with Gasteiger partial charge in [0.05, 0.1) is 34.5 Å². The predicted octanol–water partition coefficient (Wildman–Crippen LogP) is 4.15. The van der Waals surface area contributed by atoms with Crippen molar-refractivity contribution in [2.24, 2.45) is 5.92 Å². The number of carbonyl (C=O) groups excluding carboxylic acids is 1. The van der Waals surface area contributed by atoms with Crippen LogP contribution in [0.4, 0.5) is 10.8 Å². The molecule has 1 N–H and O–H groups in total. The van der Waals surface area contributed by atoms with Crippen LogP contribution in [0.1, 0.15) is 18.5 Å². The van der Waals surface area contributed by atoms with Crippen LogP contribution in [0.5, 0.6) is 0 Å². The molecule has 0 bridgehead atoms. The van der Waals surface area contributed by atoms with Gasteiger partial charge in [0.2, 0.25) is 5.91 Å². The molecule has 1 fully saturated rings. The van der Waals surface area contributed by atoms with Crippen LogP contribution in [0.15, 0.2) is 42.0 Å². The van der Waals surface area contributed by atoms with E-state index in [9.17, 15) is 4.79 Å². The molecule has 0 saturated carbocycles. The molecule has 0 atom stereocenters. The molecule has 3 aromatic rings. The first-order chi connectivity index (χ1) is 13.1. The van der Waals surface area contributed by atoms with Gasteiger partial charge in [-0.1, -0.05) is 23.7 Å². The second-order valence-electron chi connectivity index (χ2n) is 6.65. The molecule has 1 aliphatic rings. The molecule has 4 rings (SSSR count). The second kappa shape index (κ2) is 7.70. The molecule has 27 heavy (non-hydrogen) atoms. The first-order valence-electron chi connectivity index (χ1n) is 8.87. The Balaban J connectivity index is 1.36. The molecule has 2 aromatic heterocycles. The van der Waals surface area contributed by atoms with Gasteiger partial charge in [-0.25, -0.2) is 9.67 Å². The maximum atomic E-state index is 12.6. The van der Waals surface area contributed by atoms with E-state index in [0.717, 1.165) is 42.4 Å². The quantitative estimate of drug-likeness (QED) is 0.713. The van der Waals surface area contributed by atoms with Gasteiger partial charge in [-0.05, 0) is 31.9 Å². The Morgan fingerprint density at radius 2 is 2.07 bits per heavy atom. The van der Waals surface area contributed by atoms with Gasteiger partial charge in [0.1, 0.15) is 0 Å². The van der Waals surface area contributed by atoms with E-state index >= 15 is 0 Å². The van der Waals surface area contributed by atoms with Gasteiger partial charge < -0.3 is 10.2 Å². The molecule has 0 unspecified atom stereocenters. The summed E-state index contributed by atoms with van der Waals surface area (Å²) in [5, 5.41) is 11.0. The minimum Gasteiger partial charge on any atom is -0.348 e. The van der Waals surface area contributed by atoms with Crippen LogP contribution in [0.3, 0.4) is 0 Å². The Morgan fingerprint density at radius 1 is 1.30 bits per heavy atom. The summed E-state index contributed by atoms with van der Waals surface area (Å²) in [7, 11) is 0. The second-order valence-corrected chi connectivity index (χ2v) is 7.89. The number of anilines is 2. The zero-order valence-electron chi connectivity index (χ0n) is 14.9. The fraction of sp³-hybridized carbons (Fsp3) is 0.316. The Hall–Kier alpha value is -2.38. The number of rotatable bonds is 4. The van der Waals surface area contributed by atoms with E-state index in [0.29, 0.717) is 10.7 Å². The highest BCUT2D eigenvalue weighted by molar-refractivity contribution is 7.13. The van der Waals surface area contributed by atoms with Gasteiger partial charge in [-0.3, -0.25) is 4.79 Å². The number of halogens is 1. The summed E-state index contributed by atoms with van der Waals surface area (Å²) >= 11 is 7.87. The van der Waals surface area contributed by atoms with Crippen molar-refractivity contribution in [2.75, 3.05) is 23.3 Å². The average Bonchev–Trinajstić information content (AvgIpc) is 3.31. The van der Waals surface area contributed by atoms with E-state index in [1.54, 1.807) is 28.4 Å². The number of aromatic nitrogens is 3. The Kier molecular flexibility index (Phi) is 5.13. The molecule has 1 saturated heterocycles. The van der Waals surface area contributed by atoms with E-state index in [-0.39, 0.29) is 11.8 Å². The highest BCUT2D eigenvalue weighted by atomic mass is 35.5. The largest absolute Gasteiger partial charge is 0.348 e. The minimum absolute atomic E-state index is 0.00553. The first-order valence-corrected chi connectivity index (χ1v) is 10.1. The lowest BCUT2D eigenvalue weighted by Gasteiger charge is -2.30. The Morgan fingerprint density at radius 3 is 2.78 bits per heavy atom. The van der Waals surface area contributed by atoms with Crippen LogP contribution in [0.2, 0.25) is 5.02 Å². The number of aryl methyl sites for hydroxylation is 1. The summed E-state index contributed by atoms with van der Waals surface area (Å²) in [5.41, 5.74) is 2.51. The number of hydrogen-bond donors (Lipinski definition) is 1. The van der Waals surface area contributed by atoms with E-state index in [1.807, 2.05) is 31.2 Å². The molecular formula is C19H20ClN5OS. The number of nitrogens with one attached hydrogen (secondary N) is 1. The predicted molar refractivity (Wildman–Crippen MR) is 109 cm³/mol. The van der Waals surface area contributed by atoms with E-state index in [2.05, 4.69) is 25.7 Å². The van der Waals surface area contributed by atoms with Crippen molar-refractivity contribution in [2.45, 2.75) is 19.8 Å². The van der Waals surface area contributed by atoms with Crippen molar-refractivity contribution in [1.82, 2.24) is 14.8 Å². The summed E-state index contributed by atoms with van der Waals surface area (Å²) in [6.45, 7) is 3.71. The number of carbonyl (C=O) groups is 1. The van der Waals surface area contributed by atoms with Crippen LogP contribution in [-0.2, 0) is 4.79 Å². The van der Waals surface area contributed by atoms with E-state index < -0.39 is 0 Å². The van der Waals surface area contributed by atoms with Crippen molar-refractivity contribution in [3.8, 4) is 5.69 Å². The van der Waals surface area contributed by atoms with Crippen molar-refractivity contribution in [3.05, 3.63) is 52.8 Å². The van der Waals surface area contributed by atoms with Crippen LogP contribution in [0, 0.1) is 12.8 Å². The Labute approximate surface area is 166 Å². The molecule has 0 spiro atoms. The van der Waals surface area contributed by atoms with Crippen molar-refractivity contribution < 1.29 is 4.79 Å². The third kappa shape index (κ3) is 3.99. The van der Waals surface area contributed by atoms with Gasteiger partial charge in [-0.15, -0.1) is 11.3 Å².